The molecule has 0 aliphatic heterocycles. The zero-order chi connectivity index (χ0) is 12.4. The van der Waals surface area contributed by atoms with Crippen molar-refractivity contribution in [2.75, 3.05) is 12.3 Å². The van der Waals surface area contributed by atoms with Crippen molar-refractivity contribution >= 4 is 9.84 Å². The number of hydrogen-bond donors (Lipinski definition) is 1. The second-order valence-electron chi connectivity index (χ2n) is 6.00. The Morgan fingerprint density at radius 1 is 1.25 bits per heavy atom. The molecule has 3 nitrogen and oxygen atoms in total. The summed E-state index contributed by atoms with van der Waals surface area (Å²) in [5.41, 5.74) is 0. The largest absolute Gasteiger partial charge is 0.313 e. The van der Waals surface area contributed by atoms with Crippen molar-refractivity contribution in [3.05, 3.63) is 0 Å². The van der Waals surface area contributed by atoms with E-state index in [2.05, 4.69) is 12.2 Å². The van der Waals surface area contributed by atoms with E-state index >= 15 is 0 Å². The zero-order valence-electron chi connectivity index (χ0n) is 10.9. The Bertz CT molecular complexity index is 316. The van der Waals surface area contributed by atoms with Gasteiger partial charge in [0.2, 0.25) is 0 Å². The molecule has 4 heteroatoms. The first-order valence-electron chi connectivity index (χ1n) is 6.18. The van der Waals surface area contributed by atoms with Gasteiger partial charge in [0.05, 0.1) is 10.5 Å². The predicted octanol–water partition coefficient (Wildman–Crippen LogP) is 1.98. The van der Waals surface area contributed by atoms with E-state index in [-0.39, 0.29) is 5.75 Å². The maximum absolute atomic E-state index is 11.9. The van der Waals surface area contributed by atoms with Gasteiger partial charge in [-0.25, -0.2) is 8.42 Å². The molecule has 1 aliphatic carbocycles. The lowest BCUT2D eigenvalue weighted by Gasteiger charge is -2.20. The predicted molar refractivity (Wildman–Crippen MR) is 68.3 cm³/mol. The molecule has 1 aliphatic rings. The summed E-state index contributed by atoms with van der Waals surface area (Å²) in [6.07, 6.45) is 3.65. The van der Waals surface area contributed by atoms with Gasteiger partial charge in [-0.3, -0.25) is 0 Å². The number of nitrogens with one attached hydrogen (secondary N) is 1. The van der Waals surface area contributed by atoms with Gasteiger partial charge >= 0.3 is 0 Å². The molecule has 1 N–H and O–H groups in total. The smallest absolute Gasteiger partial charge is 0.156 e. The maximum atomic E-state index is 11.9. The summed E-state index contributed by atoms with van der Waals surface area (Å²) in [5, 5.41) is 3.36. The summed E-state index contributed by atoms with van der Waals surface area (Å²) >= 11 is 0. The van der Waals surface area contributed by atoms with Gasteiger partial charge in [0.25, 0.3) is 0 Å². The lowest BCUT2D eigenvalue weighted by atomic mass is 10.1. The molecule has 0 radical (unpaired) electrons. The molecule has 1 saturated carbocycles. The third-order valence-electron chi connectivity index (χ3n) is 3.43. The standard InChI is InChI=1S/C12H25NO2S/c1-10-5-6-11(9-10)13-7-8-16(14,15)12(2,3)4/h10-11,13H,5-9H2,1-4H3. The van der Waals surface area contributed by atoms with E-state index in [1.807, 2.05) is 0 Å². The average molecular weight is 247 g/mol. The second kappa shape index (κ2) is 5.05. The van der Waals surface area contributed by atoms with E-state index in [1.165, 1.54) is 19.3 Å². The second-order valence-corrected chi connectivity index (χ2v) is 8.86. The van der Waals surface area contributed by atoms with Gasteiger partial charge in [0.1, 0.15) is 0 Å². The third-order valence-corrected chi connectivity index (χ3v) is 6.04. The van der Waals surface area contributed by atoms with Gasteiger partial charge in [-0.2, -0.15) is 0 Å². The molecule has 0 spiro atoms. The lowest BCUT2D eigenvalue weighted by molar-refractivity contribution is 0.509. The Morgan fingerprint density at radius 2 is 1.88 bits per heavy atom. The van der Waals surface area contributed by atoms with Gasteiger partial charge in [-0.15, -0.1) is 0 Å². The molecular formula is C12H25NO2S. The molecule has 0 aromatic heterocycles. The van der Waals surface area contributed by atoms with E-state index in [4.69, 9.17) is 0 Å². The highest BCUT2D eigenvalue weighted by Crippen LogP contribution is 2.24. The maximum Gasteiger partial charge on any atom is 0.156 e. The van der Waals surface area contributed by atoms with Crippen molar-refractivity contribution in [3.8, 4) is 0 Å². The Balaban J connectivity index is 2.31. The number of hydrogen-bond acceptors (Lipinski definition) is 3. The third kappa shape index (κ3) is 3.74. The molecule has 2 atom stereocenters. The molecule has 0 aromatic rings. The molecule has 1 fully saturated rings. The number of rotatable bonds is 4. The van der Waals surface area contributed by atoms with Gasteiger partial charge in [0.15, 0.2) is 9.84 Å². The van der Waals surface area contributed by atoms with E-state index in [0.29, 0.717) is 12.6 Å². The highest BCUT2D eigenvalue weighted by atomic mass is 32.2. The highest BCUT2D eigenvalue weighted by molar-refractivity contribution is 7.92. The van der Waals surface area contributed by atoms with Crippen LogP contribution in [0.5, 0.6) is 0 Å². The summed E-state index contributed by atoms with van der Waals surface area (Å²) in [6.45, 7) is 8.14. The fourth-order valence-electron chi connectivity index (χ4n) is 2.10. The molecule has 0 aromatic carbocycles. The monoisotopic (exact) mass is 247 g/mol. The fraction of sp³-hybridized carbons (Fsp3) is 1.00. The van der Waals surface area contributed by atoms with Crippen LogP contribution in [-0.2, 0) is 9.84 Å². The van der Waals surface area contributed by atoms with Crippen molar-refractivity contribution < 1.29 is 8.42 Å². The first-order valence-corrected chi connectivity index (χ1v) is 7.83. The minimum Gasteiger partial charge on any atom is -0.313 e. The zero-order valence-corrected chi connectivity index (χ0v) is 11.7. The molecule has 16 heavy (non-hydrogen) atoms. The SMILES string of the molecule is CC1CCC(NCCS(=O)(=O)C(C)(C)C)C1. The summed E-state index contributed by atoms with van der Waals surface area (Å²) < 4.78 is 23.1. The highest BCUT2D eigenvalue weighted by Gasteiger charge is 2.29. The minimum atomic E-state index is -2.97. The van der Waals surface area contributed by atoms with Crippen LogP contribution < -0.4 is 5.32 Å². The van der Waals surface area contributed by atoms with Crippen LogP contribution in [0, 0.1) is 5.92 Å². The summed E-state index contributed by atoms with van der Waals surface area (Å²) in [4.78, 5) is 0. The van der Waals surface area contributed by atoms with Crippen LogP contribution in [0.25, 0.3) is 0 Å². The molecule has 96 valence electrons. The van der Waals surface area contributed by atoms with Gasteiger partial charge in [-0.1, -0.05) is 6.92 Å². The van der Waals surface area contributed by atoms with E-state index in [9.17, 15) is 8.42 Å². The van der Waals surface area contributed by atoms with Crippen LogP contribution in [0.4, 0.5) is 0 Å². The fourth-order valence-corrected chi connectivity index (χ4v) is 3.10. The molecule has 1 rings (SSSR count). The first-order chi connectivity index (χ1) is 7.22. The number of sulfone groups is 1. The Labute approximate surface area is 99.9 Å². The molecular weight excluding hydrogens is 222 g/mol. The van der Waals surface area contributed by atoms with Crippen molar-refractivity contribution in [2.45, 2.75) is 57.7 Å². The van der Waals surface area contributed by atoms with Crippen molar-refractivity contribution in [1.29, 1.82) is 0 Å². The van der Waals surface area contributed by atoms with Crippen LogP contribution in [0.15, 0.2) is 0 Å². The van der Waals surface area contributed by atoms with Crippen molar-refractivity contribution in [2.24, 2.45) is 5.92 Å². The Kier molecular flexibility index (Phi) is 4.41. The van der Waals surface area contributed by atoms with Crippen molar-refractivity contribution in [1.82, 2.24) is 5.32 Å². The minimum absolute atomic E-state index is 0.251. The van der Waals surface area contributed by atoms with E-state index in [0.717, 1.165) is 5.92 Å². The summed E-state index contributed by atoms with van der Waals surface area (Å²) in [6, 6.07) is 0.533. The van der Waals surface area contributed by atoms with Crippen LogP contribution in [0.2, 0.25) is 0 Å². The van der Waals surface area contributed by atoms with E-state index in [1.54, 1.807) is 20.8 Å². The van der Waals surface area contributed by atoms with Crippen molar-refractivity contribution in [3.63, 3.8) is 0 Å². The Morgan fingerprint density at radius 3 is 2.31 bits per heavy atom. The van der Waals surface area contributed by atoms with Crippen LogP contribution in [0.1, 0.15) is 47.0 Å². The van der Waals surface area contributed by atoms with Crippen LogP contribution in [0.3, 0.4) is 0 Å². The van der Waals surface area contributed by atoms with Crippen LogP contribution in [-0.4, -0.2) is 31.5 Å². The molecule has 0 amide bonds. The quantitative estimate of drug-likeness (QED) is 0.826. The van der Waals surface area contributed by atoms with E-state index < -0.39 is 14.6 Å². The van der Waals surface area contributed by atoms with Gasteiger partial charge < -0.3 is 5.32 Å². The topological polar surface area (TPSA) is 46.2 Å². The van der Waals surface area contributed by atoms with Gasteiger partial charge in [-0.05, 0) is 46.0 Å². The average Bonchev–Trinajstić information content (AvgIpc) is 2.49. The first kappa shape index (κ1) is 14.0. The molecule has 0 bridgehead atoms. The van der Waals surface area contributed by atoms with Gasteiger partial charge in [0, 0.05) is 12.6 Å². The molecule has 0 saturated heterocycles. The van der Waals surface area contributed by atoms with Crippen LogP contribution >= 0.6 is 0 Å². The molecule has 0 heterocycles. The molecule has 2 unspecified atom stereocenters. The normalized spacial score (nSPS) is 27.2. The Hall–Kier alpha value is -0.0900. The summed E-state index contributed by atoms with van der Waals surface area (Å²) in [7, 11) is -2.97. The summed E-state index contributed by atoms with van der Waals surface area (Å²) in [5.74, 6) is 1.04. The lowest BCUT2D eigenvalue weighted by Crippen LogP contribution is -2.37.